The van der Waals surface area contributed by atoms with Crippen molar-refractivity contribution in [2.45, 2.75) is 25.8 Å². The molecule has 1 fully saturated rings. The molecule has 7 heteroatoms. The lowest BCUT2D eigenvalue weighted by molar-refractivity contribution is 0.0738. The molecule has 0 radical (unpaired) electrons. The summed E-state index contributed by atoms with van der Waals surface area (Å²) in [4.78, 5) is 19.7. The number of thiophene rings is 1. The summed E-state index contributed by atoms with van der Waals surface area (Å²) in [5.74, 6) is 0.911. The lowest BCUT2D eigenvalue weighted by atomic mass is 9.98. The minimum absolute atomic E-state index is 0.112. The van der Waals surface area contributed by atoms with Gasteiger partial charge in [-0.3, -0.25) is 9.69 Å². The van der Waals surface area contributed by atoms with Gasteiger partial charge in [-0.25, -0.2) is 0 Å². The van der Waals surface area contributed by atoms with Crippen LogP contribution in [0.4, 0.5) is 0 Å². The molecule has 1 saturated heterocycles. The number of ether oxygens (including phenoxy) is 1. The highest BCUT2D eigenvalue weighted by Gasteiger charge is 2.24. The summed E-state index contributed by atoms with van der Waals surface area (Å²) in [6, 6.07) is 8.20. The maximum absolute atomic E-state index is 12.8. The number of amides is 1. The van der Waals surface area contributed by atoms with Gasteiger partial charge in [-0.05, 0) is 65.9 Å². The Morgan fingerprint density at radius 2 is 1.84 bits per heavy atom. The molecule has 0 aliphatic carbocycles. The number of hydrogen-bond acceptors (Lipinski definition) is 6. The molecule has 0 atom stereocenters. The smallest absolute Gasteiger partial charge is 0.254 e. The van der Waals surface area contributed by atoms with Gasteiger partial charge in [-0.1, -0.05) is 6.07 Å². The molecule has 1 amide bonds. The molecule has 0 unspecified atom stereocenters. The molecule has 3 heterocycles. The van der Waals surface area contributed by atoms with Crippen LogP contribution in [0.15, 0.2) is 35.0 Å². The minimum atomic E-state index is 0.112. The van der Waals surface area contributed by atoms with E-state index in [1.165, 1.54) is 5.56 Å². The van der Waals surface area contributed by atoms with Crippen molar-refractivity contribution in [2.75, 3.05) is 59.0 Å². The van der Waals surface area contributed by atoms with Gasteiger partial charge in [0.05, 0.1) is 6.61 Å². The van der Waals surface area contributed by atoms with E-state index in [0.717, 1.165) is 88.5 Å². The van der Waals surface area contributed by atoms with Gasteiger partial charge in [0.2, 0.25) is 0 Å². The summed E-state index contributed by atoms with van der Waals surface area (Å²) in [6.07, 6.45) is 2.75. The number of fused-ring (bicyclic) bond motifs is 1. The number of hydrogen-bond donors (Lipinski definition) is 1. The van der Waals surface area contributed by atoms with Gasteiger partial charge in [0.1, 0.15) is 5.75 Å². The molecule has 1 aromatic heterocycles. The summed E-state index contributed by atoms with van der Waals surface area (Å²) in [5.41, 5.74) is 8.95. The second kappa shape index (κ2) is 11.1. The normalized spacial score (nSPS) is 17.7. The fraction of sp³-hybridized carbons (Fsp3) is 0.542. The molecule has 4 rings (SSSR count). The molecule has 1 aromatic carbocycles. The van der Waals surface area contributed by atoms with Gasteiger partial charge in [0, 0.05) is 57.9 Å². The second-order valence-corrected chi connectivity index (χ2v) is 9.23. The standard InChI is InChI=1S/C24H34N4O2S/c25-7-1-9-28-10-5-21-3-4-22(17-23(21)24(28)29)30-15-2-8-26-11-13-27(14-12-26)18-20-6-16-31-19-20/h3-4,6,16-17,19H,1-2,5,7-15,18,25H2. The number of nitrogens with zero attached hydrogens (tertiary/aromatic N) is 3. The Hall–Kier alpha value is -1.93. The van der Waals surface area contributed by atoms with Gasteiger partial charge in [-0.2, -0.15) is 11.3 Å². The van der Waals surface area contributed by atoms with Crippen molar-refractivity contribution in [3.05, 3.63) is 51.7 Å². The molecule has 31 heavy (non-hydrogen) atoms. The monoisotopic (exact) mass is 442 g/mol. The maximum Gasteiger partial charge on any atom is 0.254 e. The van der Waals surface area contributed by atoms with Crippen LogP contribution in [0.3, 0.4) is 0 Å². The van der Waals surface area contributed by atoms with E-state index in [4.69, 9.17) is 10.5 Å². The van der Waals surface area contributed by atoms with Crippen molar-refractivity contribution in [3.63, 3.8) is 0 Å². The first kappa shape index (κ1) is 22.3. The van der Waals surface area contributed by atoms with Crippen LogP contribution in [0, 0.1) is 0 Å². The summed E-state index contributed by atoms with van der Waals surface area (Å²) in [7, 11) is 0. The van der Waals surface area contributed by atoms with Crippen molar-refractivity contribution >= 4 is 17.2 Å². The number of rotatable bonds is 10. The first-order valence-electron chi connectivity index (χ1n) is 11.4. The Bertz CT molecular complexity index is 834. The van der Waals surface area contributed by atoms with Crippen molar-refractivity contribution in [1.29, 1.82) is 0 Å². The van der Waals surface area contributed by atoms with E-state index in [9.17, 15) is 4.79 Å². The molecule has 0 saturated carbocycles. The quantitative estimate of drug-likeness (QED) is 0.573. The minimum Gasteiger partial charge on any atom is -0.494 e. The van der Waals surface area contributed by atoms with Crippen LogP contribution in [0.2, 0.25) is 0 Å². The van der Waals surface area contributed by atoms with Gasteiger partial charge < -0.3 is 20.3 Å². The predicted molar refractivity (Wildman–Crippen MR) is 126 cm³/mol. The fourth-order valence-electron chi connectivity index (χ4n) is 4.38. The zero-order valence-electron chi connectivity index (χ0n) is 18.3. The van der Waals surface area contributed by atoms with Crippen LogP contribution in [0.1, 0.15) is 34.3 Å². The van der Waals surface area contributed by atoms with Crippen molar-refractivity contribution in [3.8, 4) is 5.75 Å². The van der Waals surface area contributed by atoms with Crippen LogP contribution < -0.4 is 10.5 Å². The highest BCUT2D eigenvalue weighted by molar-refractivity contribution is 7.07. The Morgan fingerprint density at radius 3 is 2.61 bits per heavy atom. The molecule has 6 nitrogen and oxygen atoms in total. The number of carbonyl (C=O) groups excluding carboxylic acids is 1. The van der Waals surface area contributed by atoms with E-state index in [0.29, 0.717) is 13.2 Å². The number of carbonyl (C=O) groups is 1. The average molecular weight is 443 g/mol. The van der Waals surface area contributed by atoms with Crippen molar-refractivity contribution in [1.82, 2.24) is 14.7 Å². The summed E-state index contributed by atoms with van der Waals surface area (Å²) < 4.78 is 5.99. The zero-order valence-corrected chi connectivity index (χ0v) is 19.1. The van der Waals surface area contributed by atoms with Crippen LogP contribution in [0.25, 0.3) is 0 Å². The van der Waals surface area contributed by atoms with Crippen LogP contribution in [-0.2, 0) is 13.0 Å². The Kier molecular flexibility index (Phi) is 7.97. The first-order chi connectivity index (χ1) is 15.2. The Labute approximate surface area is 189 Å². The van der Waals surface area contributed by atoms with E-state index in [-0.39, 0.29) is 5.91 Å². The molecule has 0 bridgehead atoms. The van der Waals surface area contributed by atoms with E-state index in [1.807, 2.05) is 17.0 Å². The fourth-order valence-corrected chi connectivity index (χ4v) is 5.04. The van der Waals surface area contributed by atoms with Gasteiger partial charge in [0.25, 0.3) is 5.91 Å². The number of piperazine rings is 1. The molecule has 168 valence electrons. The SMILES string of the molecule is NCCCN1CCc2ccc(OCCCN3CCN(Cc4ccsc4)CC3)cc2C1=O. The Morgan fingerprint density at radius 1 is 1.00 bits per heavy atom. The molecular weight excluding hydrogens is 408 g/mol. The Balaban J connectivity index is 1.18. The highest BCUT2D eigenvalue weighted by Crippen LogP contribution is 2.24. The van der Waals surface area contributed by atoms with E-state index >= 15 is 0 Å². The van der Waals surface area contributed by atoms with E-state index in [2.05, 4.69) is 32.7 Å². The van der Waals surface area contributed by atoms with Crippen molar-refractivity contribution in [2.24, 2.45) is 5.73 Å². The van der Waals surface area contributed by atoms with Crippen molar-refractivity contribution < 1.29 is 9.53 Å². The molecule has 2 aromatic rings. The molecule has 2 aliphatic heterocycles. The molecule has 2 N–H and O–H groups in total. The third-order valence-electron chi connectivity index (χ3n) is 6.22. The van der Waals surface area contributed by atoms with Crippen LogP contribution in [-0.4, -0.2) is 79.6 Å². The summed E-state index contributed by atoms with van der Waals surface area (Å²) >= 11 is 1.77. The largest absolute Gasteiger partial charge is 0.494 e. The lowest BCUT2D eigenvalue weighted by Gasteiger charge is -2.34. The second-order valence-electron chi connectivity index (χ2n) is 8.45. The van der Waals surface area contributed by atoms with Gasteiger partial charge >= 0.3 is 0 Å². The number of benzene rings is 1. The highest BCUT2D eigenvalue weighted by atomic mass is 32.1. The third kappa shape index (κ3) is 6.07. The third-order valence-corrected chi connectivity index (χ3v) is 6.95. The molecule has 0 spiro atoms. The van der Waals surface area contributed by atoms with E-state index in [1.54, 1.807) is 11.3 Å². The molecular formula is C24H34N4O2S. The topological polar surface area (TPSA) is 62.0 Å². The number of nitrogens with two attached hydrogens (primary N) is 1. The lowest BCUT2D eigenvalue weighted by Crippen LogP contribution is -2.46. The van der Waals surface area contributed by atoms with Gasteiger partial charge in [0.15, 0.2) is 0 Å². The van der Waals surface area contributed by atoms with Gasteiger partial charge in [-0.15, -0.1) is 0 Å². The van der Waals surface area contributed by atoms with Crippen LogP contribution >= 0.6 is 11.3 Å². The maximum atomic E-state index is 12.8. The predicted octanol–water partition coefficient (Wildman–Crippen LogP) is 2.68. The van der Waals surface area contributed by atoms with Crippen LogP contribution in [0.5, 0.6) is 5.75 Å². The summed E-state index contributed by atoms with van der Waals surface area (Å²) in [5, 5.41) is 4.40. The molecule has 2 aliphatic rings. The first-order valence-corrected chi connectivity index (χ1v) is 12.4. The summed E-state index contributed by atoms with van der Waals surface area (Å²) in [6.45, 7) is 9.44. The average Bonchev–Trinajstić information content (AvgIpc) is 3.31. The van der Waals surface area contributed by atoms with E-state index < -0.39 is 0 Å². The zero-order chi connectivity index (χ0) is 21.5.